The Morgan fingerprint density at radius 1 is 1.00 bits per heavy atom. The normalized spacial score (nSPS) is 14.6. The van der Waals surface area contributed by atoms with Gasteiger partial charge in [-0.15, -0.1) is 0 Å². The number of ether oxygens (including phenoxy) is 1. The van der Waals surface area contributed by atoms with Gasteiger partial charge in [0.05, 0.1) is 16.1 Å². The maximum Gasteiger partial charge on any atom is 0.260 e. The minimum absolute atomic E-state index is 0.0123. The highest BCUT2D eigenvalue weighted by molar-refractivity contribution is 6.32. The molecule has 0 aliphatic carbocycles. The molecule has 0 unspecified atom stereocenters. The van der Waals surface area contributed by atoms with Gasteiger partial charge in [0.15, 0.2) is 12.4 Å². The number of nitrogens with zero attached hydrogens (tertiary/aromatic N) is 4. The van der Waals surface area contributed by atoms with Gasteiger partial charge >= 0.3 is 0 Å². The van der Waals surface area contributed by atoms with E-state index >= 15 is 0 Å². The first-order valence-corrected chi connectivity index (χ1v) is 11.1. The van der Waals surface area contributed by atoms with Crippen LogP contribution in [0.4, 0.5) is 0 Å². The molecule has 162 valence electrons. The third-order valence-corrected chi connectivity index (χ3v) is 6.17. The average Bonchev–Trinajstić information content (AvgIpc) is 3.24. The number of para-hydroxylation sites is 3. The number of hydrogen-bond donors (Lipinski definition) is 0. The van der Waals surface area contributed by atoms with Crippen molar-refractivity contribution in [3.05, 3.63) is 77.9 Å². The molecule has 3 heterocycles. The Labute approximate surface area is 191 Å². The van der Waals surface area contributed by atoms with Gasteiger partial charge in [0.1, 0.15) is 11.4 Å². The van der Waals surface area contributed by atoms with Crippen LogP contribution in [0.3, 0.4) is 0 Å². The molecule has 1 saturated heterocycles. The molecule has 2 aromatic carbocycles. The number of hydrogen-bond acceptors (Lipinski definition) is 4. The van der Waals surface area contributed by atoms with Crippen molar-refractivity contribution < 1.29 is 9.53 Å². The second-order valence-electron chi connectivity index (χ2n) is 7.84. The van der Waals surface area contributed by atoms with E-state index in [1.807, 2.05) is 53.4 Å². The minimum atomic E-state index is -0.0243. The summed E-state index contributed by atoms with van der Waals surface area (Å²) in [5.74, 6) is 1.38. The van der Waals surface area contributed by atoms with Gasteiger partial charge in [-0.2, -0.15) is 0 Å². The summed E-state index contributed by atoms with van der Waals surface area (Å²) < 4.78 is 7.93. The number of fused-ring (bicyclic) bond motifs is 1. The van der Waals surface area contributed by atoms with Crippen molar-refractivity contribution in [3.8, 4) is 17.3 Å². The molecule has 0 spiro atoms. The predicted molar refractivity (Wildman–Crippen MR) is 125 cm³/mol. The molecule has 0 saturated carbocycles. The number of benzene rings is 2. The molecular weight excluding hydrogens is 424 g/mol. The Morgan fingerprint density at radius 2 is 1.75 bits per heavy atom. The molecule has 0 atom stereocenters. The molecule has 0 N–H and O–H groups in total. The molecule has 6 nitrogen and oxygen atoms in total. The molecule has 1 aliphatic rings. The van der Waals surface area contributed by atoms with Crippen LogP contribution in [-0.4, -0.2) is 45.0 Å². The quantitative estimate of drug-likeness (QED) is 0.433. The van der Waals surface area contributed by atoms with Gasteiger partial charge < -0.3 is 14.2 Å². The Balaban J connectivity index is 1.31. The van der Waals surface area contributed by atoms with Crippen LogP contribution < -0.4 is 4.74 Å². The summed E-state index contributed by atoms with van der Waals surface area (Å²) >= 11 is 6.12. The molecule has 0 radical (unpaired) electrons. The largest absolute Gasteiger partial charge is 0.482 e. The first-order valence-electron chi connectivity index (χ1n) is 10.7. The van der Waals surface area contributed by atoms with E-state index in [2.05, 4.69) is 15.6 Å². The summed E-state index contributed by atoms with van der Waals surface area (Å²) in [6.45, 7) is 1.33. The third kappa shape index (κ3) is 4.06. The van der Waals surface area contributed by atoms with Crippen molar-refractivity contribution in [3.63, 3.8) is 0 Å². The zero-order chi connectivity index (χ0) is 21.9. The first kappa shape index (κ1) is 20.5. The molecular formula is C25H23ClN4O2. The van der Waals surface area contributed by atoms with Gasteiger partial charge in [0.25, 0.3) is 5.91 Å². The van der Waals surface area contributed by atoms with E-state index in [4.69, 9.17) is 21.3 Å². The molecule has 7 heteroatoms. The summed E-state index contributed by atoms with van der Waals surface area (Å²) in [6, 6.07) is 21.5. The summed E-state index contributed by atoms with van der Waals surface area (Å²) in [5.41, 5.74) is 2.91. The van der Waals surface area contributed by atoms with Crippen molar-refractivity contribution in [2.75, 3.05) is 19.7 Å². The van der Waals surface area contributed by atoms with Gasteiger partial charge in [0.2, 0.25) is 0 Å². The SMILES string of the molecule is O=C(COc1ccccc1Cl)N1CCC(n2c(-c3ccccn3)nc3ccccc32)CC1. The minimum Gasteiger partial charge on any atom is -0.482 e. The van der Waals surface area contributed by atoms with Crippen molar-refractivity contribution in [2.45, 2.75) is 18.9 Å². The Hall–Kier alpha value is -3.38. The van der Waals surface area contributed by atoms with E-state index in [1.165, 1.54) is 0 Å². The van der Waals surface area contributed by atoms with E-state index in [0.29, 0.717) is 23.9 Å². The molecule has 5 rings (SSSR count). The lowest BCUT2D eigenvalue weighted by molar-refractivity contribution is -0.134. The highest BCUT2D eigenvalue weighted by Crippen LogP contribution is 2.32. The highest BCUT2D eigenvalue weighted by atomic mass is 35.5. The van der Waals surface area contributed by atoms with Crippen molar-refractivity contribution in [1.29, 1.82) is 0 Å². The third-order valence-electron chi connectivity index (χ3n) is 5.86. The standard InChI is InChI=1S/C25H23ClN4O2/c26-19-7-1-4-11-23(19)32-17-24(31)29-15-12-18(13-16-29)30-22-10-3-2-8-20(22)28-25(30)21-9-5-6-14-27-21/h1-11,14,18H,12-13,15-17H2. The van der Waals surface area contributed by atoms with Gasteiger partial charge in [-0.25, -0.2) is 4.98 Å². The first-order chi connectivity index (χ1) is 15.7. The number of pyridine rings is 1. The van der Waals surface area contributed by atoms with E-state index in [9.17, 15) is 4.79 Å². The van der Waals surface area contributed by atoms with Crippen molar-refractivity contribution >= 4 is 28.5 Å². The van der Waals surface area contributed by atoms with E-state index < -0.39 is 0 Å². The summed E-state index contributed by atoms with van der Waals surface area (Å²) in [4.78, 5) is 24.0. The lowest BCUT2D eigenvalue weighted by Gasteiger charge is -2.33. The maximum atomic E-state index is 12.7. The smallest absolute Gasteiger partial charge is 0.260 e. The van der Waals surface area contributed by atoms with Crippen LogP contribution in [-0.2, 0) is 4.79 Å². The number of aromatic nitrogens is 3. The maximum absolute atomic E-state index is 12.7. The number of halogens is 1. The predicted octanol–water partition coefficient (Wildman–Crippen LogP) is 4.99. The second kappa shape index (κ2) is 9.01. The lowest BCUT2D eigenvalue weighted by Crippen LogP contribution is -2.41. The van der Waals surface area contributed by atoms with Crippen LogP contribution in [0, 0.1) is 0 Å². The number of likely N-dealkylation sites (tertiary alicyclic amines) is 1. The zero-order valence-electron chi connectivity index (χ0n) is 17.5. The van der Waals surface area contributed by atoms with Crippen molar-refractivity contribution in [2.24, 2.45) is 0 Å². The number of rotatable bonds is 5. The van der Waals surface area contributed by atoms with Crippen LogP contribution in [0.25, 0.3) is 22.6 Å². The molecule has 2 aromatic heterocycles. The number of imidazole rings is 1. The fraction of sp³-hybridized carbons (Fsp3) is 0.240. The number of piperidine rings is 1. The molecule has 1 fully saturated rings. The van der Waals surface area contributed by atoms with E-state index in [1.54, 1.807) is 18.3 Å². The molecule has 4 aromatic rings. The summed E-state index contributed by atoms with van der Waals surface area (Å²) in [7, 11) is 0. The van der Waals surface area contributed by atoms with Crippen LogP contribution in [0.2, 0.25) is 5.02 Å². The fourth-order valence-electron chi connectivity index (χ4n) is 4.26. The molecule has 0 bridgehead atoms. The Morgan fingerprint density at radius 3 is 2.53 bits per heavy atom. The lowest BCUT2D eigenvalue weighted by atomic mass is 10.0. The summed E-state index contributed by atoms with van der Waals surface area (Å²) in [6.07, 6.45) is 3.48. The van der Waals surface area contributed by atoms with Gasteiger partial charge in [0, 0.05) is 25.3 Å². The second-order valence-corrected chi connectivity index (χ2v) is 8.25. The Kier molecular flexibility index (Phi) is 5.77. The molecule has 1 aliphatic heterocycles. The molecule has 1 amide bonds. The van der Waals surface area contributed by atoms with Gasteiger partial charge in [-0.1, -0.05) is 41.9 Å². The van der Waals surface area contributed by atoms with Crippen LogP contribution in [0.1, 0.15) is 18.9 Å². The van der Waals surface area contributed by atoms with E-state index in [0.717, 1.165) is 35.4 Å². The number of carbonyl (C=O) groups excluding carboxylic acids is 1. The van der Waals surface area contributed by atoms with Crippen LogP contribution >= 0.6 is 11.6 Å². The van der Waals surface area contributed by atoms with Crippen LogP contribution in [0.5, 0.6) is 5.75 Å². The topological polar surface area (TPSA) is 60.2 Å². The molecule has 32 heavy (non-hydrogen) atoms. The highest BCUT2D eigenvalue weighted by Gasteiger charge is 2.27. The average molecular weight is 447 g/mol. The monoisotopic (exact) mass is 446 g/mol. The van der Waals surface area contributed by atoms with E-state index in [-0.39, 0.29) is 18.6 Å². The zero-order valence-corrected chi connectivity index (χ0v) is 18.3. The van der Waals surface area contributed by atoms with Gasteiger partial charge in [-0.3, -0.25) is 9.78 Å². The fourth-order valence-corrected chi connectivity index (χ4v) is 4.45. The van der Waals surface area contributed by atoms with Gasteiger partial charge in [-0.05, 0) is 49.2 Å². The van der Waals surface area contributed by atoms with Crippen LogP contribution in [0.15, 0.2) is 72.9 Å². The summed E-state index contributed by atoms with van der Waals surface area (Å²) in [5, 5.41) is 0.507. The number of amides is 1. The number of carbonyl (C=O) groups is 1. The van der Waals surface area contributed by atoms with Crippen molar-refractivity contribution in [1.82, 2.24) is 19.4 Å². The Bertz CT molecular complexity index is 1230.